The number of nitrogens with one attached hydrogen (secondary N) is 1. The lowest BCUT2D eigenvalue weighted by molar-refractivity contribution is 0.454. The summed E-state index contributed by atoms with van der Waals surface area (Å²) >= 11 is 0. The number of hydrogen-bond donors (Lipinski definition) is 2. The van der Waals surface area contributed by atoms with Crippen molar-refractivity contribution in [1.29, 1.82) is 0 Å². The molecule has 0 spiro atoms. The summed E-state index contributed by atoms with van der Waals surface area (Å²) in [5, 5.41) is 8.99. The van der Waals surface area contributed by atoms with Crippen molar-refractivity contribution in [2.24, 2.45) is 0 Å². The number of pyridine rings is 1. The van der Waals surface area contributed by atoms with Crippen molar-refractivity contribution in [2.45, 2.75) is 0 Å². The average Bonchev–Trinajstić information content (AvgIpc) is 2.33. The molecule has 2 heteroatoms. The van der Waals surface area contributed by atoms with Crippen molar-refractivity contribution in [2.75, 3.05) is 0 Å². The molecule has 0 saturated heterocycles. The van der Waals surface area contributed by atoms with E-state index >= 15 is 0 Å². The second-order valence-electron chi connectivity index (χ2n) is 2.24. The first-order valence-electron chi connectivity index (χ1n) is 3.13. The van der Waals surface area contributed by atoms with Crippen LogP contribution in [0.25, 0.3) is 11.3 Å². The van der Waals surface area contributed by atoms with Gasteiger partial charge in [0.25, 0.3) is 0 Å². The van der Waals surface area contributed by atoms with Crippen LogP contribution in [-0.4, -0.2) is 10.1 Å². The van der Waals surface area contributed by atoms with Crippen molar-refractivity contribution >= 4 is 0 Å². The first-order valence-corrected chi connectivity index (χ1v) is 3.13. The molecule has 0 amide bonds. The fourth-order valence-corrected chi connectivity index (χ4v) is 1.04. The van der Waals surface area contributed by atoms with Gasteiger partial charge in [0.2, 0.25) is 0 Å². The van der Waals surface area contributed by atoms with E-state index in [1.54, 1.807) is 6.07 Å². The highest BCUT2D eigenvalue weighted by Gasteiger charge is 1.99. The maximum absolute atomic E-state index is 8.99. The van der Waals surface area contributed by atoms with Crippen LogP contribution in [0.4, 0.5) is 0 Å². The molecule has 1 aliphatic heterocycles. The molecule has 1 heterocycles. The smallest absolute Gasteiger partial charge is 0.188 e. The first kappa shape index (κ1) is 5.35. The molecule has 0 bridgehead atoms. The zero-order valence-electron chi connectivity index (χ0n) is 5.33. The van der Waals surface area contributed by atoms with Crippen molar-refractivity contribution in [3.05, 3.63) is 30.3 Å². The molecule has 1 aliphatic carbocycles. The Morgan fingerprint density at radius 3 is 2.90 bits per heavy atom. The van der Waals surface area contributed by atoms with Gasteiger partial charge in [-0.15, -0.1) is 0 Å². The average molecular weight is 133 g/mol. The van der Waals surface area contributed by atoms with E-state index in [1.807, 2.05) is 24.3 Å². The van der Waals surface area contributed by atoms with Crippen LogP contribution in [0.3, 0.4) is 0 Å². The highest BCUT2D eigenvalue weighted by atomic mass is 16.3. The molecule has 10 heavy (non-hydrogen) atoms. The Morgan fingerprint density at radius 1 is 1.10 bits per heavy atom. The minimum absolute atomic E-state index is 0.207. The summed E-state index contributed by atoms with van der Waals surface area (Å²) in [6.07, 6.45) is 0. The van der Waals surface area contributed by atoms with Gasteiger partial charge in [-0.2, -0.15) is 0 Å². The lowest BCUT2D eigenvalue weighted by Gasteiger charge is -1.98. The third-order valence-electron chi connectivity index (χ3n) is 1.53. The van der Waals surface area contributed by atoms with Crippen LogP contribution in [-0.2, 0) is 0 Å². The van der Waals surface area contributed by atoms with Crippen LogP contribution < -0.4 is 0 Å². The van der Waals surface area contributed by atoms with Gasteiger partial charge in [0, 0.05) is 5.69 Å². The normalized spacial score (nSPS) is 10.4. The molecule has 0 radical (unpaired) electrons. The zero-order valence-corrected chi connectivity index (χ0v) is 5.33. The Labute approximate surface area is 58.5 Å². The molecule has 2 nitrogen and oxygen atoms in total. The van der Waals surface area contributed by atoms with E-state index < -0.39 is 0 Å². The summed E-state index contributed by atoms with van der Waals surface area (Å²) in [7, 11) is 0. The van der Waals surface area contributed by atoms with E-state index in [0.29, 0.717) is 0 Å². The lowest BCUT2D eigenvalue weighted by Crippen LogP contribution is -1.78. The van der Waals surface area contributed by atoms with Gasteiger partial charge < -0.3 is 10.1 Å². The van der Waals surface area contributed by atoms with Crippen LogP contribution >= 0.6 is 0 Å². The maximum Gasteiger partial charge on any atom is 0.188 e. The van der Waals surface area contributed by atoms with Crippen LogP contribution in [0.2, 0.25) is 0 Å². The molecule has 0 atom stereocenters. The Balaban J connectivity index is 2.75. The van der Waals surface area contributed by atoms with E-state index in [2.05, 4.69) is 4.98 Å². The number of H-pyrrole nitrogens is 1. The highest BCUT2D eigenvalue weighted by molar-refractivity contribution is 5.62. The van der Waals surface area contributed by atoms with E-state index in [-0.39, 0.29) is 5.88 Å². The molecule has 0 saturated carbocycles. The van der Waals surface area contributed by atoms with Gasteiger partial charge in [0.05, 0.1) is 0 Å². The van der Waals surface area contributed by atoms with E-state index in [1.165, 1.54) is 0 Å². The van der Waals surface area contributed by atoms with Crippen molar-refractivity contribution < 1.29 is 5.11 Å². The monoisotopic (exact) mass is 133 g/mol. The summed E-state index contributed by atoms with van der Waals surface area (Å²) in [4.78, 5) is 2.83. The van der Waals surface area contributed by atoms with E-state index in [0.717, 1.165) is 11.3 Å². The number of aromatic nitrogens is 1. The van der Waals surface area contributed by atoms with Gasteiger partial charge in [0.1, 0.15) is 0 Å². The molecule has 0 aromatic carbocycles. The molecule has 2 N–H and O–H groups in total. The van der Waals surface area contributed by atoms with Gasteiger partial charge in [-0.3, -0.25) is 0 Å². The summed E-state index contributed by atoms with van der Waals surface area (Å²) in [5.41, 5.74) is 2.10. The number of fused-ring (bicyclic) bond motifs is 1. The second-order valence-corrected chi connectivity index (χ2v) is 2.24. The molecule has 0 unspecified atom stereocenters. The van der Waals surface area contributed by atoms with Crippen LogP contribution in [0, 0.1) is 0 Å². The second kappa shape index (κ2) is 1.77. The topological polar surface area (TPSA) is 36.0 Å². The number of aromatic hydroxyl groups is 1. The van der Waals surface area contributed by atoms with Gasteiger partial charge >= 0.3 is 0 Å². The lowest BCUT2D eigenvalue weighted by atomic mass is 10.2. The number of rotatable bonds is 0. The fraction of sp³-hybridized carbons (Fsp3) is 0. The van der Waals surface area contributed by atoms with Crippen molar-refractivity contribution in [3.63, 3.8) is 0 Å². The van der Waals surface area contributed by atoms with Gasteiger partial charge in [-0.25, -0.2) is 0 Å². The molecule has 0 fully saturated rings. The molecular formula is C8H7NO. The minimum atomic E-state index is 0.207. The van der Waals surface area contributed by atoms with Gasteiger partial charge in [0.15, 0.2) is 5.88 Å². The number of aromatic amines is 1. The zero-order chi connectivity index (χ0) is 6.97. The molecule has 0 aromatic rings. The summed E-state index contributed by atoms with van der Waals surface area (Å²) in [5.74, 6) is 0.207. The molecule has 2 aliphatic rings. The summed E-state index contributed by atoms with van der Waals surface area (Å²) in [6.45, 7) is 0. The summed E-state index contributed by atoms with van der Waals surface area (Å²) < 4.78 is 0. The maximum atomic E-state index is 8.99. The third-order valence-corrected chi connectivity index (χ3v) is 1.53. The summed E-state index contributed by atoms with van der Waals surface area (Å²) in [6, 6.07) is 9.38. The van der Waals surface area contributed by atoms with Gasteiger partial charge in [-0.1, -0.05) is 12.1 Å². The SMILES string of the molecule is Oc1ccc2cccc-2[nH]1. The van der Waals surface area contributed by atoms with Crippen LogP contribution in [0.5, 0.6) is 5.88 Å². The first-order chi connectivity index (χ1) is 4.86. The molecule has 2 rings (SSSR count). The largest absolute Gasteiger partial charge is 0.495 e. The van der Waals surface area contributed by atoms with E-state index in [9.17, 15) is 0 Å². The minimum Gasteiger partial charge on any atom is -0.495 e. The Morgan fingerprint density at radius 2 is 2.00 bits per heavy atom. The molecule has 50 valence electrons. The highest BCUT2D eigenvalue weighted by Crippen LogP contribution is 2.22. The molecular weight excluding hydrogens is 126 g/mol. The molecule has 0 aromatic heterocycles. The van der Waals surface area contributed by atoms with Crippen LogP contribution in [0.1, 0.15) is 0 Å². The van der Waals surface area contributed by atoms with E-state index in [4.69, 9.17) is 5.11 Å². The fourth-order valence-electron chi connectivity index (χ4n) is 1.04. The van der Waals surface area contributed by atoms with Crippen molar-refractivity contribution in [1.82, 2.24) is 4.98 Å². The van der Waals surface area contributed by atoms with Gasteiger partial charge in [-0.05, 0) is 23.8 Å². The third kappa shape index (κ3) is 0.658. The Kier molecular flexibility index (Phi) is 0.947. The quantitative estimate of drug-likeness (QED) is 0.565. The predicted octanol–water partition coefficient (Wildman–Crippen LogP) is 1.83. The standard InChI is InChI=1S/C8H7NO/c10-8-5-4-6-2-1-3-7(6)9-8/h1-5,9-10H. The Hall–Kier alpha value is -1.44. The van der Waals surface area contributed by atoms with Crippen molar-refractivity contribution in [3.8, 4) is 17.1 Å². The predicted molar refractivity (Wildman–Crippen MR) is 39.1 cm³/mol. The van der Waals surface area contributed by atoms with Crippen LogP contribution in [0.15, 0.2) is 30.3 Å². The Bertz CT molecular complexity index is 313. The number of hydrogen-bond acceptors (Lipinski definition) is 1.